The van der Waals surface area contributed by atoms with Crippen LogP contribution in [0.15, 0.2) is 4.99 Å². The smallest absolute Gasteiger partial charge is 0.407 e. The molecule has 0 rings (SSSR count). The second-order valence-corrected chi connectivity index (χ2v) is 6.51. The topological polar surface area (TPSA) is 84.0 Å². The molecule has 0 bridgehead atoms. The van der Waals surface area contributed by atoms with Gasteiger partial charge in [0, 0.05) is 26.7 Å². The van der Waals surface area contributed by atoms with E-state index in [1.54, 1.807) is 7.11 Å². The van der Waals surface area contributed by atoms with E-state index in [0.29, 0.717) is 25.6 Å². The Kier molecular flexibility index (Phi) is 12.5. The van der Waals surface area contributed by atoms with Crippen molar-refractivity contribution in [1.29, 1.82) is 0 Å². The summed E-state index contributed by atoms with van der Waals surface area (Å²) in [7, 11) is 1.67. The van der Waals surface area contributed by atoms with Gasteiger partial charge < -0.3 is 25.4 Å². The van der Waals surface area contributed by atoms with E-state index in [9.17, 15) is 4.79 Å². The summed E-state index contributed by atoms with van der Waals surface area (Å²) < 4.78 is 10.5. The summed E-state index contributed by atoms with van der Waals surface area (Å²) in [5.41, 5.74) is -0.795. The van der Waals surface area contributed by atoms with Gasteiger partial charge in [0.1, 0.15) is 5.60 Å². The fourth-order valence-electron chi connectivity index (χ4n) is 1.34. The summed E-state index contributed by atoms with van der Waals surface area (Å²) in [4.78, 5) is 16.0. The first-order valence-corrected chi connectivity index (χ1v) is 7.64. The first kappa shape index (κ1) is 24.5. The summed E-state index contributed by atoms with van der Waals surface area (Å²) in [5, 5.41) is 8.98. The van der Waals surface area contributed by atoms with Crippen LogP contribution in [0, 0.1) is 0 Å². The number of halogens is 1. The zero-order valence-corrected chi connectivity index (χ0v) is 17.7. The third-order valence-electron chi connectivity index (χ3n) is 2.60. The zero-order chi connectivity index (χ0) is 17.2. The van der Waals surface area contributed by atoms with Crippen LogP contribution in [0.5, 0.6) is 0 Å². The lowest BCUT2D eigenvalue weighted by Gasteiger charge is -2.21. The molecule has 8 heteroatoms. The minimum absolute atomic E-state index is 0. The highest BCUT2D eigenvalue weighted by Gasteiger charge is 2.16. The molecule has 0 unspecified atom stereocenters. The van der Waals surface area contributed by atoms with E-state index in [2.05, 4.69) is 20.9 Å². The quantitative estimate of drug-likeness (QED) is 0.243. The van der Waals surface area contributed by atoms with E-state index in [1.165, 1.54) is 0 Å². The minimum Gasteiger partial charge on any atom is -0.444 e. The average Bonchev–Trinajstić information content (AvgIpc) is 2.39. The molecular weight excluding hydrogens is 411 g/mol. The van der Waals surface area contributed by atoms with Crippen molar-refractivity contribution in [3.8, 4) is 0 Å². The number of aliphatic imine (C=N–C) groups is 1. The number of nitrogens with zero attached hydrogens (tertiary/aromatic N) is 1. The zero-order valence-electron chi connectivity index (χ0n) is 15.4. The summed E-state index contributed by atoms with van der Waals surface area (Å²) in [6.45, 7) is 13.8. The van der Waals surface area contributed by atoms with Gasteiger partial charge in [-0.2, -0.15) is 0 Å². The molecule has 0 aromatic rings. The summed E-state index contributed by atoms with van der Waals surface area (Å²) in [6, 6.07) is 0. The number of hydrogen-bond donors (Lipinski definition) is 3. The van der Waals surface area contributed by atoms with Crippen molar-refractivity contribution in [1.82, 2.24) is 16.0 Å². The average molecular weight is 444 g/mol. The van der Waals surface area contributed by atoms with E-state index < -0.39 is 11.7 Å². The van der Waals surface area contributed by atoms with Crippen LogP contribution in [-0.4, -0.2) is 56.5 Å². The SMILES string of the molecule is CCNC(=NCC(C)(C)OC)NCCNC(=O)OC(C)(C)C.I. The van der Waals surface area contributed by atoms with Crippen molar-refractivity contribution in [2.45, 2.75) is 52.7 Å². The second-order valence-electron chi connectivity index (χ2n) is 6.51. The van der Waals surface area contributed by atoms with E-state index >= 15 is 0 Å². The van der Waals surface area contributed by atoms with E-state index in [0.717, 1.165) is 6.54 Å². The molecule has 1 amide bonds. The fraction of sp³-hybridized carbons (Fsp3) is 0.867. The molecule has 0 saturated carbocycles. The number of methoxy groups -OCH3 is 1. The van der Waals surface area contributed by atoms with Gasteiger partial charge in [-0.25, -0.2) is 4.79 Å². The van der Waals surface area contributed by atoms with E-state index in [4.69, 9.17) is 9.47 Å². The molecule has 0 aromatic carbocycles. The summed E-state index contributed by atoms with van der Waals surface area (Å²) in [6.07, 6.45) is -0.420. The van der Waals surface area contributed by atoms with Crippen molar-refractivity contribution < 1.29 is 14.3 Å². The van der Waals surface area contributed by atoms with Gasteiger partial charge in [-0.05, 0) is 41.5 Å². The highest BCUT2D eigenvalue weighted by Crippen LogP contribution is 2.07. The molecule has 0 radical (unpaired) electrons. The Hall–Kier alpha value is -0.770. The van der Waals surface area contributed by atoms with Crippen molar-refractivity contribution in [3.05, 3.63) is 0 Å². The van der Waals surface area contributed by atoms with Gasteiger partial charge in [0.15, 0.2) is 5.96 Å². The van der Waals surface area contributed by atoms with Crippen LogP contribution in [0.3, 0.4) is 0 Å². The lowest BCUT2D eigenvalue weighted by atomic mass is 10.1. The van der Waals surface area contributed by atoms with Crippen LogP contribution < -0.4 is 16.0 Å². The Morgan fingerprint density at radius 2 is 1.61 bits per heavy atom. The molecule has 0 aromatic heterocycles. The molecule has 0 saturated heterocycles. The van der Waals surface area contributed by atoms with E-state index in [-0.39, 0.29) is 29.6 Å². The van der Waals surface area contributed by atoms with Gasteiger partial charge in [0.05, 0.1) is 12.1 Å². The molecule has 0 heterocycles. The monoisotopic (exact) mass is 444 g/mol. The lowest BCUT2D eigenvalue weighted by Crippen LogP contribution is -2.43. The molecule has 0 aliphatic rings. The van der Waals surface area contributed by atoms with Gasteiger partial charge in [-0.3, -0.25) is 4.99 Å². The highest BCUT2D eigenvalue weighted by molar-refractivity contribution is 14.0. The third kappa shape index (κ3) is 14.5. The predicted molar refractivity (Wildman–Crippen MR) is 105 cm³/mol. The van der Waals surface area contributed by atoms with Crippen molar-refractivity contribution in [3.63, 3.8) is 0 Å². The normalized spacial score (nSPS) is 12.2. The predicted octanol–water partition coefficient (Wildman–Crippen LogP) is 2.11. The molecule has 0 fully saturated rings. The number of ether oxygens (including phenoxy) is 2. The molecule has 0 atom stereocenters. The standard InChI is InChI=1S/C15H32N4O3.HI/c1-8-16-12(19-11-15(5,6)21-7)17-9-10-18-13(20)22-14(2,3)4;/h8-11H2,1-7H3,(H,18,20)(H2,16,17,19);1H. The van der Waals surface area contributed by atoms with Crippen LogP contribution in [-0.2, 0) is 9.47 Å². The van der Waals surface area contributed by atoms with Crippen LogP contribution in [0.2, 0.25) is 0 Å². The maximum Gasteiger partial charge on any atom is 0.407 e. The lowest BCUT2D eigenvalue weighted by molar-refractivity contribution is 0.0310. The first-order chi connectivity index (χ1) is 10.1. The van der Waals surface area contributed by atoms with E-state index in [1.807, 2.05) is 41.5 Å². The fourth-order valence-corrected chi connectivity index (χ4v) is 1.34. The number of guanidine groups is 1. The van der Waals surface area contributed by atoms with Crippen LogP contribution in [0.1, 0.15) is 41.5 Å². The van der Waals surface area contributed by atoms with Gasteiger partial charge >= 0.3 is 6.09 Å². The number of rotatable bonds is 7. The number of alkyl carbamates (subject to hydrolysis) is 1. The Balaban J connectivity index is 0. The van der Waals surface area contributed by atoms with Crippen molar-refractivity contribution >= 4 is 36.0 Å². The molecule has 0 spiro atoms. The number of hydrogen-bond acceptors (Lipinski definition) is 4. The summed E-state index contributed by atoms with van der Waals surface area (Å²) in [5.74, 6) is 0.693. The van der Waals surface area contributed by atoms with Crippen molar-refractivity contribution in [2.75, 3.05) is 33.3 Å². The molecular formula is C15H33IN4O3. The Bertz CT molecular complexity index is 368. The van der Waals surface area contributed by atoms with Gasteiger partial charge in [-0.15, -0.1) is 24.0 Å². The van der Waals surface area contributed by atoms with Gasteiger partial charge in [0.2, 0.25) is 0 Å². The number of carbonyl (C=O) groups excluding carboxylic acids is 1. The molecule has 138 valence electrons. The highest BCUT2D eigenvalue weighted by atomic mass is 127. The molecule has 3 N–H and O–H groups in total. The number of nitrogens with one attached hydrogen (secondary N) is 3. The van der Waals surface area contributed by atoms with Crippen LogP contribution in [0.25, 0.3) is 0 Å². The second kappa shape index (κ2) is 11.7. The number of amides is 1. The maximum absolute atomic E-state index is 11.5. The molecule has 23 heavy (non-hydrogen) atoms. The van der Waals surface area contributed by atoms with Crippen LogP contribution in [0.4, 0.5) is 4.79 Å². The third-order valence-corrected chi connectivity index (χ3v) is 2.60. The summed E-state index contributed by atoms with van der Waals surface area (Å²) >= 11 is 0. The van der Waals surface area contributed by atoms with Gasteiger partial charge in [-0.1, -0.05) is 0 Å². The Labute approximate surface area is 157 Å². The Morgan fingerprint density at radius 3 is 2.09 bits per heavy atom. The first-order valence-electron chi connectivity index (χ1n) is 7.64. The molecule has 0 aliphatic carbocycles. The largest absolute Gasteiger partial charge is 0.444 e. The maximum atomic E-state index is 11.5. The Morgan fingerprint density at radius 1 is 1.04 bits per heavy atom. The van der Waals surface area contributed by atoms with Gasteiger partial charge in [0.25, 0.3) is 0 Å². The molecule has 7 nitrogen and oxygen atoms in total. The number of carbonyl (C=O) groups is 1. The molecule has 0 aliphatic heterocycles. The minimum atomic E-state index is -0.486. The van der Waals surface area contributed by atoms with Crippen molar-refractivity contribution in [2.24, 2.45) is 4.99 Å². The van der Waals surface area contributed by atoms with Crippen LogP contribution >= 0.6 is 24.0 Å².